The lowest BCUT2D eigenvalue weighted by molar-refractivity contribution is 0.0593. The number of halogens is 1. The van der Waals surface area contributed by atoms with Gasteiger partial charge in [0, 0.05) is 6.54 Å². The summed E-state index contributed by atoms with van der Waals surface area (Å²) in [6.07, 6.45) is 0.905. The second kappa shape index (κ2) is 7.24. The van der Waals surface area contributed by atoms with Gasteiger partial charge in [0.05, 0.1) is 6.54 Å². The Bertz CT molecular complexity index is 430. The van der Waals surface area contributed by atoms with Crippen LogP contribution in [0.2, 0.25) is 0 Å². The van der Waals surface area contributed by atoms with Crippen LogP contribution >= 0.6 is 0 Å². The van der Waals surface area contributed by atoms with Crippen molar-refractivity contribution in [2.75, 3.05) is 13.1 Å². The van der Waals surface area contributed by atoms with Crippen LogP contribution in [0.4, 0.5) is 9.18 Å². The third kappa shape index (κ3) is 5.57. The summed E-state index contributed by atoms with van der Waals surface area (Å²) in [5.74, 6) is 0.168. The summed E-state index contributed by atoms with van der Waals surface area (Å²) in [4.78, 5) is 11.6. The van der Waals surface area contributed by atoms with E-state index < -0.39 is 5.60 Å². The molecule has 0 saturated carbocycles. The molecule has 1 atom stereocenters. The minimum absolute atomic E-state index is 0.0617. The van der Waals surface area contributed by atoms with Crippen molar-refractivity contribution in [3.05, 3.63) is 35.6 Å². The minimum atomic E-state index is -1.23. The van der Waals surface area contributed by atoms with Gasteiger partial charge < -0.3 is 15.7 Å². The number of benzene rings is 1. The van der Waals surface area contributed by atoms with Crippen LogP contribution < -0.4 is 10.6 Å². The Morgan fingerprint density at radius 1 is 1.30 bits per heavy atom. The number of urea groups is 1. The molecule has 0 bridgehead atoms. The first kappa shape index (κ1) is 16.4. The van der Waals surface area contributed by atoms with Gasteiger partial charge in [0.25, 0.3) is 0 Å². The summed E-state index contributed by atoms with van der Waals surface area (Å²) in [7, 11) is 0. The monoisotopic (exact) mass is 282 g/mol. The first-order valence-corrected chi connectivity index (χ1v) is 6.81. The van der Waals surface area contributed by atoms with Gasteiger partial charge in [-0.25, -0.2) is 9.18 Å². The molecule has 0 spiro atoms. The van der Waals surface area contributed by atoms with Crippen LogP contribution in [0.5, 0.6) is 0 Å². The molecule has 0 saturated heterocycles. The Balaban J connectivity index is 2.42. The Labute approximate surface area is 119 Å². The largest absolute Gasteiger partial charge is 0.384 e. The second-order valence-electron chi connectivity index (χ2n) is 5.57. The molecule has 4 nitrogen and oxygen atoms in total. The van der Waals surface area contributed by atoms with Gasteiger partial charge in [-0.3, -0.25) is 0 Å². The molecule has 20 heavy (non-hydrogen) atoms. The fraction of sp³-hybridized carbons (Fsp3) is 0.533. The highest BCUT2D eigenvalue weighted by Crippen LogP contribution is 2.19. The number of rotatable bonds is 6. The predicted octanol–water partition coefficient (Wildman–Crippen LogP) is 2.38. The quantitative estimate of drug-likeness (QED) is 0.750. The van der Waals surface area contributed by atoms with E-state index in [1.165, 1.54) is 24.3 Å². The average molecular weight is 282 g/mol. The number of aliphatic hydroxyl groups is 1. The van der Waals surface area contributed by atoms with Crippen molar-refractivity contribution < 1.29 is 14.3 Å². The fourth-order valence-electron chi connectivity index (χ4n) is 1.70. The van der Waals surface area contributed by atoms with Gasteiger partial charge >= 0.3 is 6.03 Å². The molecule has 1 aromatic rings. The van der Waals surface area contributed by atoms with E-state index in [0.29, 0.717) is 18.0 Å². The third-order valence-electron chi connectivity index (χ3n) is 3.07. The van der Waals surface area contributed by atoms with Gasteiger partial charge in [-0.2, -0.15) is 0 Å². The van der Waals surface area contributed by atoms with E-state index >= 15 is 0 Å². The predicted molar refractivity (Wildman–Crippen MR) is 76.8 cm³/mol. The Kier molecular flexibility index (Phi) is 5.95. The van der Waals surface area contributed by atoms with E-state index in [1.807, 2.05) is 0 Å². The standard InChI is InChI=1S/C15H23FN2O2/c1-11(2)8-9-17-14(19)18-10-15(3,20)12-4-6-13(16)7-5-12/h4-7,11,20H,8-10H2,1-3H3,(H2,17,18,19). The molecular formula is C15H23FN2O2. The van der Waals surface area contributed by atoms with Gasteiger partial charge in [-0.05, 0) is 37.0 Å². The number of hydrogen-bond donors (Lipinski definition) is 3. The summed E-state index contributed by atoms with van der Waals surface area (Å²) in [6.45, 7) is 6.40. The maximum atomic E-state index is 12.8. The zero-order valence-electron chi connectivity index (χ0n) is 12.2. The molecule has 0 aliphatic carbocycles. The maximum Gasteiger partial charge on any atom is 0.314 e. The average Bonchev–Trinajstić information content (AvgIpc) is 2.36. The molecule has 0 radical (unpaired) electrons. The molecule has 5 heteroatoms. The van der Waals surface area contributed by atoms with Crippen molar-refractivity contribution in [1.82, 2.24) is 10.6 Å². The van der Waals surface area contributed by atoms with Gasteiger partial charge in [0.15, 0.2) is 0 Å². The smallest absolute Gasteiger partial charge is 0.314 e. The maximum absolute atomic E-state index is 12.8. The summed E-state index contributed by atoms with van der Waals surface area (Å²) in [5.41, 5.74) is -0.676. The van der Waals surface area contributed by atoms with Gasteiger partial charge in [0.2, 0.25) is 0 Å². The van der Waals surface area contributed by atoms with Crippen LogP contribution in [-0.4, -0.2) is 24.2 Å². The molecule has 112 valence electrons. The first-order chi connectivity index (χ1) is 9.31. The molecule has 1 unspecified atom stereocenters. The number of hydrogen-bond acceptors (Lipinski definition) is 2. The summed E-state index contributed by atoms with van der Waals surface area (Å²) in [5, 5.41) is 15.6. The van der Waals surface area contributed by atoms with Crippen molar-refractivity contribution in [1.29, 1.82) is 0 Å². The molecule has 0 aromatic heterocycles. The summed E-state index contributed by atoms with van der Waals surface area (Å²) in [6, 6.07) is 5.27. The molecule has 3 N–H and O–H groups in total. The molecule has 0 fully saturated rings. The highest BCUT2D eigenvalue weighted by Gasteiger charge is 2.23. The SMILES string of the molecule is CC(C)CCNC(=O)NCC(C)(O)c1ccc(F)cc1. The zero-order valence-corrected chi connectivity index (χ0v) is 12.2. The summed E-state index contributed by atoms with van der Waals surface area (Å²) >= 11 is 0. The second-order valence-corrected chi connectivity index (χ2v) is 5.57. The van der Waals surface area contributed by atoms with E-state index in [2.05, 4.69) is 24.5 Å². The number of carbonyl (C=O) groups excluding carboxylic acids is 1. The Morgan fingerprint density at radius 3 is 2.45 bits per heavy atom. The first-order valence-electron chi connectivity index (χ1n) is 6.81. The lowest BCUT2D eigenvalue weighted by Crippen LogP contribution is -2.43. The summed E-state index contributed by atoms with van der Waals surface area (Å²) < 4.78 is 12.8. The number of carbonyl (C=O) groups is 1. The fourth-order valence-corrected chi connectivity index (χ4v) is 1.70. The highest BCUT2D eigenvalue weighted by molar-refractivity contribution is 5.73. The topological polar surface area (TPSA) is 61.4 Å². The van der Waals surface area contributed by atoms with Gasteiger partial charge in [0.1, 0.15) is 11.4 Å². The van der Waals surface area contributed by atoms with Crippen molar-refractivity contribution in [2.45, 2.75) is 32.8 Å². The zero-order chi connectivity index (χ0) is 15.2. The van der Waals surface area contributed by atoms with E-state index in [-0.39, 0.29) is 18.4 Å². The minimum Gasteiger partial charge on any atom is -0.384 e. The van der Waals surface area contributed by atoms with E-state index in [1.54, 1.807) is 6.92 Å². The molecule has 1 rings (SSSR count). The Hall–Kier alpha value is -1.62. The van der Waals surface area contributed by atoms with Gasteiger partial charge in [-0.1, -0.05) is 26.0 Å². The van der Waals surface area contributed by atoms with Crippen molar-refractivity contribution in [2.24, 2.45) is 5.92 Å². The normalized spacial score (nSPS) is 13.9. The van der Waals surface area contributed by atoms with Crippen LogP contribution in [0.25, 0.3) is 0 Å². The molecular weight excluding hydrogens is 259 g/mol. The van der Waals surface area contributed by atoms with Crippen LogP contribution in [0.1, 0.15) is 32.8 Å². The van der Waals surface area contributed by atoms with Crippen molar-refractivity contribution in [3.8, 4) is 0 Å². The van der Waals surface area contributed by atoms with E-state index in [0.717, 1.165) is 6.42 Å². The van der Waals surface area contributed by atoms with Crippen molar-refractivity contribution in [3.63, 3.8) is 0 Å². The molecule has 2 amide bonds. The Morgan fingerprint density at radius 2 is 1.90 bits per heavy atom. The highest BCUT2D eigenvalue weighted by atomic mass is 19.1. The molecule has 0 aliphatic heterocycles. The lowest BCUT2D eigenvalue weighted by atomic mass is 9.96. The van der Waals surface area contributed by atoms with Gasteiger partial charge in [-0.15, -0.1) is 0 Å². The van der Waals surface area contributed by atoms with Crippen LogP contribution in [0, 0.1) is 11.7 Å². The molecule has 1 aromatic carbocycles. The lowest BCUT2D eigenvalue weighted by Gasteiger charge is -2.24. The van der Waals surface area contributed by atoms with Crippen LogP contribution in [-0.2, 0) is 5.60 Å². The number of nitrogens with one attached hydrogen (secondary N) is 2. The number of amides is 2. The van der Waals surface area contributed by atoms with Crippen molar-refractivity contribution >= 4 is 6.03 Å². The van der Waals surface area contributed by atoms with Crippen LogP contribution in [0.15, 0.2) is 24.3 Å². The molecule has 0 heterocycles. The van der Waals surface area contributed by atoms with E-state index in [9.17, 15) is 14.3 Å². The van der Waals surface area contributed by atoms with E-state index in [4.69, 9.17) is 0 Å². The third-order valence-corrected chi connectivity index (χ3v) is 3.07. The molecule has 0 aliphatic rings. The van der Waals surface area contributed by atoms with Crippen LogP contribution in [0.3, 0.4) is 0 Å².